The molecule has 0 atom stereocenters. The van der Waals surface area contributed by atoms with Crippen LogP contribution in [0.1, 0.15) is 41.4 Å². The van der Waals surface area contributed by atoms with E-state index in [-0.39, 0.29) is 5.91 Å². The molecule has 1 aromatic heterocycles. The predicted octanol–water partition coefficient (Wildman–Crippen LogP) is 5.21. The van der Waals surface area contributed by atoms with Gasteiger partial charge in [-0.05, 0) is 42.7 Å². The number of para-hydroxylation sites is 1. The maximum atomic E-state index is 12.7. The summed E-state index contributed by atoms with van der Waals surface area (Å²) in [7, 11) is 0. The number of rotatable bonds is 4. The highest BCUT2D eigenvalue weighted by molar-refractivity contribution is 6.30. The molecule has 0 spiro atoms. The maximum Gasteiger partial charge on any atom is 0.259 e. The molecule has 0 fully saturated rings. The van der Waals surface area contributed by atoms with Crippen LogP contribution < -0.4 is 5.32 Å². The molecule has 1 amide bonds. The lowest BCUT2D eigenvalue weighted by Gasteiger charge is -2.13. The van der Waals surface area contributed by atoms with Gasteiger partial charge in [0, 0.05) is 10.7 Å². The number of nitrogens with zero attached hydrogens (tertiary/aromatic N) is 2. The molecule has 0 unspecified atom stereocenters. The molecule has 3 aromatic rings. The van der Waals surface area contributed by atoms with Gasteiger partial charge in [0.25, 0.3) is 5.91 Å². The number of nitrogens with one attached hydrogen (secondary N) is 1. The number of halogens is 1. The van der Waals surface area contributed by atoms with Crippen molar-refractivity contribution in [1.82, 2.24) is 9.78 Å². The van der Waals surface area contributed by atoms with Gasteiger partial charge in [-0.15, -0.1) is 0 Å². The molecule has 0 saturated heterocycles. The van der Waals surface area contributed by atoms with Crippen LogP contribution in [0.15, 0.2) is 54.7 Å². The third-order valence-electron chi connectivity index (χ3n) is 4.14. The monoisotopic (exact) mass is 353 g/mol. The van der Waals surface area contributed by atoms with E-state index >= 15 is 0 Å². The van der Waals surface area contributed by atoms with E-state index in [0.29, 0.717) is 16.5 Å². The fourth-order valence-electron chi connectivity index (χ4n) is 2.80. The zero-order chi connectivity index (χ0) is 18.0. The number of carbonyl (C=O) groups is 1. The zero-order valence-corrected chi connectivity index (χ0v) is 15.2. The minimum absolute atomic E-state index is 0.168. The highest BCUT2D eigenvalue weighted by Crippen LogP contribution is 2.25. The molecule has 0 saturated carbocycles. The van der Waals surface area contributed by atoms with Crippen molar-refractivity contribution in [3.63, 3.8) is 0 Å². The first kappa shape index (κ1) is 17.2. The number of aromatic nitrogens is 2. The molecule has 1 N–H and O–H groups in total. The second kappa shape index (κ2) is 7.11. The Morgan fingerprint density at radius 3 is 2.64 bits per heavy atom. The SMILES string of the molecule is Cc1c(C(=O)Nc2ccccc2C(C)C)cnn1-c1cccc(Cl)c1. The molecule has 0 aliphatic carbocycles. The number of anilines is 1. The Balaban J connectivity index is 1.90. The summed E-state index contributed by atoms with van der Waals surface area (Å²) in [6.07, 6.45) is 1.59. The summed E-state index contributed by atoms with van der Waals surface area (Å²) in [5.41, 5.74) is 4.07. The molecular formula is C20H20ClN3O. The van der Waals surface area contributed by atoms with Crippen LogP contribution in [0.5, 0.6) is 0 Å². The molecule has 5 heteroatoms. The highest BCUT2D eigenvalue weighted by atomic mass is 35.5. The first-order chi connectivity index (χ1) is 12.0. The van der Waals surface area contributed by atoms with Gasteiger partial charge < -0.3 is 5.32 Å². The van der Waals surface area contributed by atoms with Crippen molar-refractivity contribution < 1.29 is 4.79 Å². The van der Waals surface area contributed by atoms with E-state index in [4.69, 9.17) is 11.6 Å². The van der Waals surface area contributed by atoms with Crippen molar-refractivity contribution in [2.75, 3.05) is 5.32 Å². The smallest absolute Gasteiger partial charge is 0.259 e. The van der Waals surface area contributed by atoms with Crippen LogP contribution >= 0.6 is 11.6 Å². The molecule has 0 aliphatic rings. The number of hydrogen-bond acceptors (Lipinski definition) is 2. The summed E-state index contributed by atoms with van der Waals surface area (Å²) in [4.78, 5) is 12.7. The third-order valence-corrected chi connectivity index (χ3v) is 4.37. The quantitative estimate of drug-likeness (QED) is 0.699. The van der Waals surface area contributed by atoms with E-state index in [1.54, 1.807) is 16.9 Å². The van der Waals surface area contributed by atoms with Gasteiger partial charge in [0.05, 0.1) is 23.1 Å². The summed E-state index contributed by atoms with van der Waals surface area (Å²) in [6, 6.07) is 15.2. The molecule has 3 rings (SSSR count). The lowest BCUT2D eigenvalue weighted by Crippen LogP contribution is -2.14. The highest BCUT2D eigenvalue weighted by Gasteiger charge is 2.17. The third kappa shape index (κ3) is 3.59. The van der Waals surface area contributed by atoms with Crippen molar-refractivity contribution in [1.29, 1.82) is 0 Å². The van der Waals surface area contributed by atoms with Crippen LogP contribution in [0, 0.1) is 6.92 Å². The summed E-state index contributed by atoms with van der Waals surface area (Å²) in [6.45, 7) is 6.08. The van der Waals surface area contributed by atoms with Crippen LogP contribution in [-0.2, 0) is 0 Å². The Bertz CT molecular complexity index is 915. The number of hydrogen-bond donors (Lipinski definition) is 1. The van der Waals surface area contributed by atoms with Crippen LogP contribution in [0.25, 0.3) is 5.69 Å². The van der Waals surface area contributed by atoms with E-state index < -0.39 is 0 Å². The van der Waals surface area contributed by atoms with Gasteiger partial charge in [0.1, 0.15) is 0 Å². The summed E-state index contributed by atoms with van der Waals surface area (Å²) in [5, 5.41) is 7.98. The van der Waals surface area contributed by atoms with Crippen LogP contribution in [0.4, 0.5) is 5.69 Å². The largest absolute Gasteiger partial charge is 0.322 e. The van der Waals surface area contributed by atoms with Crippen molar-refractivity contribution in [3.8, 4) is 5.69 Å². The average Bonchev–Trinajstić information content (AvgIpc) is 2.97. The maximum absolute atomic E-state index is 12.7. The number of benzene rings is 2. The summed E-state index contributed by atoms with van der Waals surface area (Å²) >= 11 is 6.05. The Morgan fingerprint density at radius 2 is 1.92 bits per heavy atom. The fourth-order valence-corrected chi connectivity index (χ4v) is 2.99. The molecule has 1 heterocycles. The number of amides is 1. The van der Waals surface area contributed by atoms with E-state index in [1.165, 1.54) is 0 Å². The zero-order valence-electron chi connectivity index (χ0n) is 14.5. The van der Waals surface area contributed by atoms with E-state index in [9.17, 15) is 4.79 Å². The second-order valence-electron chi connectivity index (χ2n) is 6.23. The van der Waals surface area contributed by atoms with Crippen LogP contribution in [0.2, 0.25) is 5.02 Å². The Morgan fingerprint density at radius 1 is 1.16 bits per heavy atom. The molecular weight excluding hydrogens is 334 g/mol. The molecule has 128 valence electrons. The molecule has 2 aromatic carbocycles. The lowest BCUT2D eigenvalue weighted by molar-refractivity contribution is 0.102. The van der Waals surface area contributed by atoms with Crippen molar-refractivity contribution in [3.05, 3.63) is 76.6 Å². The second-order valence-corrected chi connectivity index (χ2v) is 6.67. The van der Waals surface area contributed by atoms with Gasteiger partial charge >= 0.3 is 0 Å². The Labute approximate surface area is 152 Å². The minimum Gasteiger partial charge on any atom is -0.322 e. The fraction of sp³-hybridized carbons (Fsp3) is 0.200. The minimum atomic E-state index is -0.168. The standard InChI is InChI=1S/C20H20ClN3O/c1-13(2)17-9-4-5-10-19(17)23-20(25)18-12-22-24(14(18)3)16-8-6-7-15(21)11-16/h4-13H,1-3H3,(H,23,25). The predicted molar refractivity (Wildman–Crippen MR) is 102 cm³/mol. The van der Waals surface area contributed by atoms with Gasteiger partial charge in [0.2, 0.25) is 0 Å². The first-order valence-corrected chi connectivity index (χ1v) is 8.56. The van der Waals surface area contributed by atoms with Gasteiger partial charge in [-0.25, -0.2) is 4.68 Å². The van der Waals surface area contributed by atoms with E-state index in [2.05, 4.69) is 24.3 Å². The lowest BCUT2D eigenvalue weighted by atomic mass is 10.0. The van der Waals surface area contributed by atoms with Crippen molar-refractivity contribution in [2.45, 2.75) is 26.7 Å². The van der Waals surface area contributed by atoms with E-state index in [0.717, 1.165) is 22.6 Å². The molecule has 0 radical (unpaired) electrons. The van der Waals surface area contributed by atoms with Crippen LogP contribution in [0.3, 0.4) is 0 Å². The Kier molecular flexibility index (Phi) is 4.91. The van der Waals surface area contributed by atoms with Crippen molar-refractivity contribution in [2.24, 2.45) is 0 Å². The summed E-state index contributed by atoms with van der Waals surface area (Å²) < 4.78 is 1.72. The topological polar surface area (TPSA) is 46.9 Å². The summed E-state index contributed by atoms with van der Waals surface area (Å²) in [5.74, 6) is 0.158. The first-order valence-electron chi connectivity index (χ1n) is 8.18. The molecule has 0 aliphatic heterocycles. The van der Waals surface area contributed by atoms with Crippen molar-refractivity contribution >= 4 is 23.2 Å². The van der Waals surface area contributed by atoms with Gasteiger partial charge in [-0.3, -0.25) is 4.79 Å². The molecule has 4 nitrogen and oxygen atoms in total. The average molecular weight is 354 g/mol. The van der Waals surface area contributed by atoms with E-state index in [1.807, 2.05) is 49.4 Å². The van der Waals surface area contributed by atoms with Gasteiger partial charge in [0.15, 0.2) is 0 Å². The molecule has 0 bridgehead atoms. The normalized spacial score (nSPS) is 10.9. The molecule has 25 heavy (non-hydrogen) atoms. The van der Waals surface area contributed by atoms with Gasteiger partial charge in [-0.1, -0.05) is 49.7 Å². The van der Waals surface area contributed by atoms with Gasteiger partial charge in [-0.2, -0.15) is 5.10 Å². The van der Waals surface area contributed by atoms with Crippen LogP contribution in [-0.4, -0.2) is 15.7 Å². The number of carbonyl (C=O) groups excluding carboxylic acids is 1. The Hall–Kier alpha value is -2.59.